The van der Waals surface area contributed by atoms with Crippen LogP contribution in [-0.2, 0) is 4.79 Å². The summed E-state index contributed by atoms with van der Waals surface area (Å²) in [6.07, 6.45) is 43.2. The Kier molecular flexibility index (Phi) is 35.7. The molecule has 0 aromatic heterocycles. The number of nitrogens with one attached hydrogen (secondary N) is 1. The van der Waals surface area contributed by atoms with E-state index in [9.17, 15) is 20.1 Å². The van der Waals surface area contributed by atoms with Gasteiger partial charge in [-0.2, -0.15) is 0 Å². The molecule has 0 aromatic carbocycles. The van der Waals surface area contributed by atoms with Gasteiger partial charge in [-0.25, -0.2) is 0 Å². The Morgan fingerprint density at radius 1 is 0.543 bits per heavy atom. The fraction of sp³-hybridized carbons (Fsp3) is 0.878. The molecule has 0 aliphatic heterocycles. The van der Waals surface area contributed by atoms with Gasteiger partial charge < -0.3 is 20.6 Å². The molecule has 46 heavy (non-hydrogen) atoms. The second kappa shape index (κ2) is 36.7. The molecule has 3 unspecified atom stereocenters. The topological polar surface area (TPSA) is 89.8 Å². The molecule has 272 valence electrons. The van der Waals surface area contributed by atoms with E-state index in [2.05, 4.69) is 31.3 Å². The quantitative estimate of drug-likeness (QED) is 0.0401. The minimum atomic E-state index is -0.946. The SMILES string of the molecule is CCCCCCC/C=C/CC/C=C/C(O)C(CO)NC(=O)CC(O)CCCCCCCCCCCCCCCCCCCCCC. The van der Waals surface area contributed by atoms with Crippen molar-refractivity contribution in [1.29, 1.82) is 0 Å². The molecular formula is C41H79NO4. The van der Waals surface area contributed by atoms with E-state index in [4.69, 9.17) is 0 Å². The highest BCUT2D eigenvalue weighted by atomic mass is 16.3. The van der Waals surface area contributed by atoms with Crippen molar-refractivity contribution in [3.05, 3.63) is 24.3 Å². The van der Waals surface area contributed by atoms with Gasteiger partial charge in [-0.15, -0.1) is 0 Å². The van der Waals surface area contributed by atoms with E-state index >= 15 is 0 Å². The van der Waals surface area contributed by atoms with Gasteiger partial charge in [0.1, 0.15) is 0 Å². The van der Waals surface area contributed by atoms with Crippen molar-refractivity contribution in [2.45, 2.75) is 225 Å². The third kappa shape index (κ3) is 32.8. The molecule has 0 heterocycles. The summed E-state index contributed by atoms with van der Waals surface area (Å²) < 4.78 is 0. The molecule has 0 aliphatic rings. The van der Waals surface area contributed by atoms with Crippen LogP contribution in [0.4, 0.5) is 0 Å². The van der Waals surface area contributed by atoms with Crippen molar-refractivity contribution < 1.29 is 20.1 Å². The van der Waals surface area contributed by atoms with Crippen molar-refractivity contribution in [2.24, 2.45) is 0 Å². The lowest BCUT2D eigenvalue weighted by atomic mass is 10.0. The summed E-state index contributed by atoms with van der Waals surface area (Å²) in [5, 5.41) is 33.0. The average Bonchev–Trinajstić information content (AvgIpc) is 3.05. The Hall–Kier alpha value is -1.17. The zero-order valence-electron chi connectivity index (χ0n) is 30.7. The first-order valence-corrected chi connectivity index (χ1v) is 20.1. The fourth-order valence-electron chi connectivity index (χ4n) is 6.12. The van der Waals surface area contributed by atoms with Gasteiger partial charge in [0.15, 0.2) is 0 Å². The summed E-state index contributed by atoms with van der Waals surface area (Å²) in [6.45, 7) is 4.17. The highest BCUT2D eigenvalue weighted by Crippen LogP contribution is 2.16. The molecule has 5 nitrogen and oxygen atoms in total. The van der Waals surface area contributed by atoms with Gasteiger partial charge in [0.05, 0.1) is 31.3 Å². The van der Waals surface area contributed by atoms with E-state index in [1.54, 1.807) is 6.08 Å². The van der Waals surface area contributed by atoms with Crippen LogP contribution < -0.4 is 5.32 Å². The maximum absolute atomic E-state index is 12.4. The minimum absolute atomic E-state index is 0.00922. The third-order valence-electron chi connectivity index (χ3n) is 9.24. The first-order valence-electron chi connectivity index (χ1n) is 20.1. The number of unbranched alkanes of at least 4 members (excludes halogenated alkanes) is 25. The number of hydrogen-bond donors (Lipinski definition) is 4. The summed E-state index contributed by atoms with van der Waals surface area (Å²) >= 11 is 0. The maximum Gasteiger partial charge on any atom is 0.222 e. The molecule has 0 bridgehead atoms. The van der Waals surface area contributed by atoms with Gasteiger partial charge in [-0.05, 0) is 32.1 Å². The van der Waals surface area contributed by atoms with Gasteiger partial charge >= 0.3 is 0 Å². The second-order valence-corrected chi connectivity index (χ2v) is 13.9. The van der Waals surface area contributed by atoms with Gasteiger partial charge in [0, 0.05) is 0 Å². The lowest BCUT2D eigenvalue weighted by molar-refractivity contribution is -0.124. The van der Waals surface area contributed by atoms with Crippen LogP contribution >= 0.6 is 0 Å². The maximum atomic E-state index is 12.4. The summed E-state index contributed by atoms with van der Waals surface area (Å²) in [5.74, 6) is -0.325. The highest BCUT2D eigenvalue weighted by molar-refractivity contribution is 5.76. The summed E-state index contributed by atoms with van der Waals surface area (Å²) in [4.78, 5) is 12.4. The number of carbonyl (C=O) groups is 1. The smallest absolute Gasteiger partial charge is 0.222 e. The first kappa shape index (κ1) is 44.8. The number of amides is 1. The number of carbonyl (C=O) groups excluding carboxylic acids is 1. The average molecular weight is 650 g/mol. The third-order valence-corrected chi connectivity index (χ3v) is 9.24. The van der Waals surface area contributed by atoms with Crippen molar-refractivity contribution in [1.82, 2.24) is 5.32 Å². The first-order chi connectivity index (χ1) is 22.5. The molecule has 0 aliphatic carbocycles. The molecule has 0 spiro atoms. The molecule has 0 saturated heterocycles. The van der Waals surface area contributed by atoms with Gasteiger partial charge in [-0.1, -0.05) is 192 Å². The Bertz CT molecular complexity index is 679. The van der Waals surface area contributed by atoms with Crippen molar-refractivity contribution >= 4 is 5.91 Å². The zero-order valence-corrected chi connectivity index (χ0v) is 30.7. The number of hydrogen-bond acceptors (Lipinski definition) is 4. The Morgan fingerprint density at radius 2 is 0.935 bits per heavy atom. The van der Waals surface area contributed by atoms with E-state index in [0.717, 1.165) is 32.1 Å². The lowest BCUT2D eigenvalue weighted by Crippen LogP contribution is -2.45. The molecule has 0 radical (unpaired) electrons. The predicted octanol–water partition coefficient (Wildman–Crippen LogP) is 11.0. The zero-order chi connectivity index (χ0) is 33.8. The molecule has 0 rings (SSSR count). The fourth-order valence-corrected chi connectivity index (χ4v) is 6.12. The number of rotatable bonds is 36. The normalized spacial score (nSPS) is 13.9. The van der Waals surface area contributed by atoms with Crippen molar-refractivity contribution in [3.63, 3.8) is 0 Å². The molecule has 4 N–H and O–H groups in total. The van der Waals surface area contributed by atoms with E-state index in [1.165, 1.54) is 148 Å². The standard InChI is InChI=1S/C41H79NO4/c1-3-5-7-9-11-13-15-16-17-18-19-20-21-22-23-25-26-28-30-32-34-38(44)36-41(46)42-39(37-43)40(45)35-33-31-29-27-24-14-12-10-8-6-4-2/h24,27,33,35,38-40,43-45H,3-23,25-26,28-32,34,36-37H2,1-2H3,(H,42,46)/b27-24+,35-33+. The van der Waals surface area contributed by atoms with Crippen LogP contribution in [0.2, 0.25) is 0 Å². The van der Waals surface area contributed by atoms with E-state index in [1.807, 2.05) is 6.08 Å². The molecule has 0 saturated carbocycles. The minimum Gasteiger partial charge on any atom is -0.394 e. The molecule has 3 atom stereocenters. The number of aliphatic hydroxyl groups excluding tert-OH is 3. The summed E-state index contributed by atoms with van der Waals surface area (Å²) in [7, 11) is 0. The summed E-state index contributed by atoms with van der Waals surface area (Å²) in [5.41, 5.74) is 0. The Morgan fingerprint density at radius 3 is 1.39 bits per heavy atom. The molecular weight excluding hydrogens is 570 g/mol. The van der Waals surface area contributed by atoms with Crippen molar-refractivity contribution in [2.75, 3.05) is 6.61 Å². The lowest BCUT2D eigenvalue weighted by Gasteiger charge is -2.21. The van der Waals surface area contributed by atoms with E-state index < -0.39 is 18.2 Å². The molecule has 0 fully saturated rings. The van der Waals surface area contributed by atoms with Crippen LogP contribution in [0.1, 0.15) is 206 Å². The van der Waals surface area contributed by atoms with Gasteiger partial charge in [0.2, 0.25) is 5.91 Å². The van der Waals surface area contributed by atoms with E-state index in [-0.39, 0.29) is 18.9 Å². The van der Waals surface area contributed by atoms with Gasteiger partial charge in [-0.3, -0.25) is 4.79 Å². The van der Waals surface area contributed by atoms with Crippen LogP contribution in [0.15, 0.2) is 24.3 Å². The van der Waals surface area contributed by atoms with E-state index in [0.29, 0.717) is 6.42 Å². The van der Waals surface area contributed by atoms with Crippen LogP contribution in [-0.4, -0.2) is 46.1 Å². The van der Waals surface area contributed by atoms with Crippen LogP contribution in [0.3, 0.4) is 0 Å². The molecule has 0 aromatic rings. The number of aliphatic hydroxyl groups is 3. The van der Waals surface area contributed by atoms with Crippen LogP contribution in [0.5, 0.6) is 0 Å². The second-order valence-electron chi connectivity index (χ2n) is 13.9. The Balaban J connectivity index is 3.65. The van der Waals surface area contributed by atoms with Crippen LogP contribution in [0, 0.1) is 0 Å². The largest absolute Gasteiger partial charge is 0.394 e. The summed E-state index contributed by atoms with van der Waals surface area (Å²) in [6, 6.07) is -0.755. The Labute approximate surface area is 286 Å². The molecule has 1 amide bonds. The number of allylic oxidation sites excluding steroid dienone is 3. The van der Waals surface area contributed by atoms with Crippen molar-refractivity contribution in [3.8, 4) is 0 Å². The van der Waals surface area contributed by atoms with Gasteiger partial charge in [0.25, 0.3) is 0 Å². The molecule has 5 heteroatoms. The highest BCUT2D eigenvalue weighted by Gasteiger charge is 2.20. The predicted molar refractivity (Wildman–Crippen MR) is 199 cm³/mol. The van der Waals surface area contributed by atoms with Crippen LogP contribution in [0.25, 0.3) is 0 Å². The monoisotopic (exact) mass is 650 g/mol.